The lowest BCUT2D eigenvalue weighted by Gasteiger charge is -2.33. The highest BCUT2D eigenvalue weighted by molar-refractivity contribution is 5.67. The molecule has 6 nitrogen and oxygen atoms in total. The van der Waals surface area contributed by atoms with Crippen molar-refractivity contribution in [2.24, 2.45) is 5.92 Å². The van der Waals surface area contributed by atoms with E-state index in [1.807, 2.05) is 19.1 Å². The average molecular weight is 348 g/mol. The molecule has 1 fully saturated rings. The van der Waals surface area contributed by atoms with Crippen molar-refractivity contribution in [3.05, 3.63) is 23.8 Å². The maximum atomic E-state index is 11.7. The molecule has 2 heterocycles. The minimum atomic E-state index is -0.188. The molecule has 0 radical (unpaired) electrons. The lowest BCUT2D eigenvalue weighted by atomic mass is 9.95. The Balaban J connectivity index is 1.44. The van der Waals surface area contributed by atoms with E-state index in [0.29, 0.717) is 25.2 Å². The number of hydrogen-bond acceptors (Lipinski definition) is 5. The van der Waals surface area contributed by atoms with Crippen LogP contribution >= 0.6 is 0 Å². The second-order valence-electron chi connectivity index (χ2n) is 6.70. The van der Waals surface area contributed by atoms with E-state index in [2.05, 4.69) is 11.4 Å². The number of carbonyl (C=O) groups excluding carboxylic acids is 1. The van der Waals surface area contributed by atoms with Crippen molar-refractivity contribution in [2.75, 3.05) is 40.0 Å². The van der Waals surface area contributed by atoms with E-state index in [9.17, 15) is 4.79 Å². The average Bonchev–Trinajstić information content (AvgIpc) is 2.66. The molecule has 2 aliphatic heterocycles. The van der Waals surface area contributed by atoms with Crippen molar-refractivity contribution >= 4 is 6.09 Å². The van der Waals surface area contributed by atoms with Gasteiger partial charge in [-0.3, -0.25) is 0 Å². The van der Waals surface area contributed by atoms with Gasteiger partial charge in [0, 0.05) is 31.6 Å². The van der Waals surface area contributed by atoms with Crippen molar-refractivity contribution in [1.29, 1.82) is 0 Å². The number of methoxy groups -OCH3 is 1. The number of likely N-dealkylation sites (tertiary alicyclic amines) is 1. The number of ether oxygens (including phenoxy) is 3. The normalized spacial score (nSPS) is 20.6. The van der Waals surface area contributed by atoms with Crippen LogP contribution < -0.4 is 14.8 Å². The minimum Gasteiger partial charge on any atom is -0.493 e. The first-order chi connectivity index (χ1) is 12.2. The molecule has 2 aliphatic rings. The molecule has 1 saturated heterocycles. The monoisotopic (exact) mass is 348 g/mol. The van der Waals surface area contributed by atoms with Crippen LogP contribution in [0.25, 0.3) is 0 Å². The Kier molecular flexibility index (Phi) is 6.02. The zero-order valence-electron chi connectivity index (χ0n) is 15.1. The number of nitrogens with zero attached hydrogens (tertiary/aromatic N) is 1. The number of carbonyl (C=O) groups is 1. The summed E-state index contributed by atoms with van der Waals surface area (Å²) in [5.74, 6) is 2.17. The highest BCUT2D eigenvalue weighted by Crippen LogP contribution is 2.35. The standard InChI is InChI=1S/C19H28N2O4/c1-3-24-19(22)21-9-7-16(8-10-21)20-12-14-11-15-5-4-6-17(23-2)18(15)25-13-14/h4-6,14,16,20H,3,7-13H2,1-2H3/t14-/m1/s1. The van der Waals surface area contributed by atoms with Gasteiger partial charge in [0.2, 0.25) is 0 Å². The third-order valence-corrected chi connectivity index (χ3v) is 4.97. The Morgan fingerprint density at radius 2 is 2.16 bits per heavy atom. The van der Waals surface area contributed by atoms with Gasteiger partial charge in [-0.2, -0.15) is 0 Å². The summed E-state index contributed by atoms with van der Waals surface area (Å²) in [5.41, 5.74) is 1.22. The largest absolute Gasteiger partial charge is 0.493 e. The smallest absolute Gasteiger partial charge is 0.409 e. The fourth-order valence-electron chi connectivity index (χ4n) is 3.56. The van der Waals surface area contributed by atoms with Crippen LogP contribution in [-0.4, -0.2) is 57.0 Å². The Morgan fingerprint density at radius 3 is 2.88 bits per heavy atom. The molecule has 0 aromatic heterocycles. The number of benzene rings is 1. The molecule has 1 amide bonds. The van der Waals surface area contributed by atoms with Crippen LogP contribution in [0.1, 0.15) is 25.3 Å². The third-order valence-electron chi connectivity index (χ3n) is 4.97. The summed E-state index contributed by atoms with van der Waals surface area (Å²) in [6.45, 7) is 5.44. The van der Waals surface area contributed by atoms with Crippen LogP contribution in [0, 0.1) is 5.92 Å². The van der Waals surface area contributed by atoms with E-state index in [0.717, 1.165) is 50.4 Å². The second kappa shape index (κ2) is 8.43. The molecule has 0 saturated carbocycles. The predicted molar refractivity (Wildman–Crippen MR) is 95.3 cm³/mol. The first-order valence-electron chi connectivity index (χ1n) is 9.15. The van der Waals surface area contributed by atoms with Crippen molar-refractivity contribution in [2.45, 2.75) is 32.2 Å². The van der Waals surface area contributed by atoms with E-state index in [4.69, 9.17) is 14.2 Å². The maximum Gasteiger partial charge on any atom is 0.409 e. The van der Waals surface area contributed by atoms with Gasteiger partial charge in [0.1, 0.15) is 0 Å². The molecular formula is C19H28N2O4. The molecule has 1 aromatic rings. The van der Waals surface area contributed by atoms with Crippen molar-refractivity contribution < 1.29 is 19.0 Å². The van der Waals surface area contributed by atoms with Crippen LogP contribution in [0.4, 0.5) is 4.79 Å². The van der Waals surface area contributed by atoms with Gasteiger partial charge in [-0.1, -0.05) is 12.1 Å². The molecule has 0 spiro atoms. The summed E-state index contributed by atoms with van der Waals surface area (Å²) < 4.78 is 16.4. The van der Waals surface area contributed by atoms with Gasteiger partial charge < -0.3 is 24.4 Å². The Labute approximate surface area is 149 Å². The summed E-state index contributed by atoms with van der Waals surface area (Å²) in [7, 11) is 1.68. The topological polar surface area (TPSA) is 60.0 Å². The summed E-state index contributed by atoms with van der Waals surface area (Å²) >= 11 is 0. The van der Waals surface area contributed by atoms with E-state index >= 15 is 0 Å². The van der Waals surface area contributed by atoms with Gasteiger partial charge in [0.15, 0.2) is 11.5 Å². The molecule has 25 heavy (non-hydrogen) atoms. The SMILES string of the molecule is CCOC(=O)N1CCC(NC[C@@H]2COc3c(cccc3OC)C2)CC1. The van der Waals surface area contributed by atoms with Crippen LogP contribution in [-0.2, 0) is 11.2 Å². The highest BCUT2D eigenvalue weighted by Gasteiger charge is 2.26. The number of nitrogens with one attached hydrogen (secondary N) is 1. The molecule has 6 heteroatoms. The molecule has 0 bridgehead atoms. The Hall–Kier alpha value is -1.95. The van der Waals surface area contributed by atoms with Gasteiger partial charge in [-0.25, -0.2) is 4.79 Å². The quantitative estimate of drug-likeness (QED) is 0.886. The van der Waals surface area contributed by atoms with Crippen LogP contribution in [0.5, 0.6) is 11.5 Å². The van der Waals surface area contributed by atoms with Crippen molar-refractivity contribution in [3.8, 4) is 11.5 Å². The number of piperidine rings is 1. The van der Waals surface area contributed by atoms with Gasteiger partial charge >= 0.3 is 6.09 Å². The van der Waals surface area contributed by atoms with Gasteiger partial charge in [-0.15, -0.1) is 0 Å². The lowest BCUT2D eigenvalue weighted by molar-refractivity contribution is 0.0943. The number of hydrogen-bond donors (Lipinski definition) is 1. The molecular weight excluding hydrogens is 320 g/mol. The van der Waals surface area contributed by atoms with Crippen molar-refractivity contribution in [1.82, 2.24) is 10.2 Å². The predicted octanol–water partition coefficient (Wildman–Crippen LogP) is 2.46. The van der Waals surface area contributed by atoms with Gasteiger partial charge in [0.25, 0.3) is 0 Å². The number of para-hydroxylation sites is 1. The third kappa shape index (κ3) is 4.37. The van der Waals surface area contributed by atoms with E-state index in [1.54, 1.807) is 12.0 Å². The minimum absolute atomic E-state index is 0.188. The lowest BCUT2D eigenvalue weighted by Crippen LogP contribution is -2.46. The van der Waals surface area contributed by atoms with E-state index < -0.39 is 0 Å². The first kappa shape index (κ1) is 17.9. The van der Waals surface area contributed by atoms with Crippen LogP contribution in [0.3, 0.4) is 0 Å². The Morgan fingerprint density at radius 1 is 1.36 bits per heavy atom. The highest BCUT2D eigenvalue weighted by atomic mass is 16.6. The summed E-state index contributed by atoms with van der Waals surface area (Å²) in [5, 5.41) is 3.65. The molecule has 0 aliphatic carbocycles. The first-order valence-corrected chi connectivity index (χ1v) is 9.15. The fraction of sp³-hybridized carbons (Fsp3) is 0.632. The van der Waals surface area contributed by atoms with Gasteiger partial charge in [-0.05, 0) is 37.8 Å². The van der Waals surface area contributed by atoms with Crippen molar-refractivity contribution in [3.63, 3.8) is 0 Å². The molecule has 0 unspecified atom stereocenters. The van der Waals surface area contributed by atoms with Gasteiger partial charge in [0.05, 0.1) is 20.3 Å². The number of rotatable bonds is 5. The Bertz CT molecular complexity index is 585. The summed E-state index contributed by atoms with van der Waals surface area (Å²) in [6, 6.07) is 6.52. The van der Waals surface area contributed by atoms with E-state index in [1.165, 1.54) is 5.56 Å². The molecule has 1 N–H and O–H groups in total. The zero-order valence-corrected chi connectivity index (χ0v) is 15.1. The zero-order chi connectivity index (χ0) is 17.6. The maximum absolute atomic E-state index is 11.7. The fourth-order valence-corrected chi connectivity index (χ4v) is 3.56. The summed E-state index contributed by atoms with van der Waals surface area (Å²) in [6.07, 6.45) is 2.75. The van der Waals surface area contributed by atoms with Crippen LogP contribution in [0.2, 0.25) is 0 Å². The molecule has 3 rings (SSSR count). The van der Waals surface area contributed by atoms with E-state index in [-0.39, 0.29) is 6.09 Å². The number of fused-ring (bicyclic) bond motifs is 1. The molecule has 1 aromatic carbocycles. The number of amides is 1. The molecule has 1 atom stereocenters. The van der Waals surface area contributed by atoms with Crippen LogP contribution in [0.15, 0.2) is 18.2 Å². The summed E-state index contributed by atoms with van der Waals surface area (Å²) in [4.78, 5) is 13.5. The second-order valence-corrected chi connectivity index (χ2v) is 6.70. The molecule has 138 valence electrons.